The maximum atomic E-state index is 12.7. The summed E-state index contributed by atoms with van der Waals surface area (Å²) in [5, 5.41) is 11.1. The van der Waals surface area contributed by atoms with Gasteiger partial charge in [-0.1, -0.05) is 17.3 Å². The zero-order valence-corrected chi connectivity index (χ0v) is 18.6. The fourth-order valence-corrected chi connectivity index (χ4v) is 5.70. The third kappa shape index (κ3) is 4.08. The summed E-state index contributed by atoms with van der Waals surface area (Å²) in [5.41, 5.74) is 0.779. The van der Waals surface area contributed by atoms with Gasteiger partial charge in [-0.2, -0.15) is 9.30 Å². The normalized spacial score (nSPS) is 14.6. The van der Waals surface area contributed by atoms with E-state index in [-0.39, 0.29) is 28.7 Å². The first kappa shape index (κ1) is 21.9. The Labute approximate surface area is 187 Å². The monoisotopic (exact) mass is 470 g/mol. The second-order valence-corrected chi connectivity index (χ2v) is 10.3. The summed E-state index contributed by atoms with van der Waals surface area (Å²) in [5.74, 6) is 1.92. The number of aromatic nitrogens is 1. The molecule has 32 heavy (non-hydrogen) atoms. The number of sulfonamides is 1. The SMILES string of the molecule is C#CCn1c(=NC(=O)c2ccc(S(=O)(=O)N(C)C3CC3)cc2)sc2cc([N+](=O)[O-])ccc21. The van der Waals surface area contributed by atoms with E-state index in [0.717, 1.165) is 24.2 Å². The molecule has 1 aromatic heterocycles. The summed E-state index contributed by atoms with van der Waals surface area (Å²) in [6.45, 7) is 0.134. The zero-order valence-electron chi connectivity index (χ0n) is 17.0. The fourth-order valence-electron chi connectivity index (χ4n) is 3.23. The molecule has 1 aliphatic carbocycles. The van der Waals surface area contributed by atoms with Gasteiger partial charge in [0.2, 0.25) is 10.0 Å². The Morgan fingerprint density at radius 3 is 2.59 bits per heavy atom. The standard InChI is InChI=1S/C21H18N4O5S2/c1-3-12-24-18-11-8-16(25(27)28)13-19(18)31-21(24)22-20(26)14-4-9-17(10-5-14)32(29,30)23(2)15-6-7-15/h1,4-5,8-11,13,15H,6-7,12H2,2H3. The molecular weight excluding hydrogens is 452 g/mol. The minimum absolute atomic E-state index is 0.0340. The second-order valence-electron chi connectivity index (χ2n) is 7.28. The molecule has 0 saturated heterocycles. The van der Waals surface area contributed by atoms with Crippen molar-refractivity contribution < 1.29 is 18.1 Å². The van der Waals surface area contributed by atoms with E-state index in [2.05, 4.69) is 10.9 Å². The Kier molecular flexibility index (Phi) is 5.68. The number of carbonyl (C=O) groups is 1. The maximum Gasteiger partial charge on any atom is 0.279 e. The molecule has 9 nitrogen and oxygen atoms in total. The van der Waals surface area contributed by atoms with E-state index in [1.807, 2.05) is 0 Å². The first-order valence-corrected chi connectivity index (χ1v) is 11.9. The van der Waals surface area contributed by atoms with E-state index in [9.17, 15) is 23.3 Å². The largest absolute Gasteiger partial charge is 0.305 e. The number of hydrogen-bond donors (Lipinski definition) is 0. The van der Waals surface area contributed by atoms with Crippen molar-refractivity contribution >= 4 is 43.2 Å². The molecule has 4 rings (SSSR count). The molecular formula is C21H18N4O5S2. The number of fused-ring (bicyclic) bond motifs is 1. The van der Waals surface area contributed by atoms with Crippen molar-refractivity contribution in [2.24, 2.45) is 4.99 Å². The van der Waals surface area contributed by atoms with E-state index in [1.165, 1.54) is 40.7 Å². The summed E-state index contributed by atoms with van der Waals surface area (Å²) >= 11 is 1.11. The molecule has 0 unspecified atom stereocenters. The van der Waals surface area contributed by atoms with E-state index < -0.39 is 20.9 Å². The topological polar surface area (TPSA) is 115 Å². The Balaban J connectivity index is 1.69. The Morgan fingerprint density at radius 1 is 1.31 bits per heavy atom. The number of benzene rings is 2. The van der Waals surface area contributed by atoms with Crippen LogP contribution in [0.1, 0.15) is 23.2 Å². The molecule has 1 heterocycles. The third-order valence-corrected chi connectivity index (χ3v) is 8.13. The van der Waals surface area contributed by atoms with Crippen LogP contribution in [0.4, 0.5) is 5.69 Å². The second kappa shape index (κ2) is 8.31. The predicted molar refractivity (Wildman–Crippen MR) is 120 cm³/mol. The van der Waals surface area contributed by atoms with Crippen LogP contribution in [0.5, 0.6) is 0 Å². The van der Waals surface area contributed by atoms with Crippen LogP contribution in [0, 0.1) is 22.5 Å². The highest BCUT2D eigenvalue weighted by molar-refractivity contribution is 7.89. The van der Waals surface area contributed by atoms with Crippen molar-refractivity contribution in [1.29, 1.82) is 0 Å². The Morgan fingerprint density at radius 2 is 2.00 bits per heavy atom. The lowest BCUT2D eigenvalue weighted by molar-refractivity contribution is -0.384. The molecule has 0 aliphatic heterocycles. The van der Waals surface area contributed by atoms with Crippen LogP contribution < -0.4 is 4.80 Å². The molecule has 0 atom stereocenters. The maximum absolute atomic E-state index is 12.7. The number of hydrogen-bond acceptors (Lipinski definition) is 6. The Hall–Kier alpha value is -3.33. The van der Waals surface area contributed by atoms with Crippen LogP contribution in [0.25, 0.3) is 10.2 Å². The van der Waals surface area contributed by atoms with Gasteiger partial charge in [-0.05, 0) is 43.2 Å². The zero-order chi connectivity index (χ0) is 23.0. The van der Waals surface area contributed by atoms with Gasteiger partial charge in [-0.15, -0.1) is 6.42 Å². The number of nitro groups is 1. The fraction of sp³-hybridized carbons (Fsp3) is 0.238. The quantitative estimate of drug-likeness (QED) is 0.312. The van der Waals surface area contributed by atoms with Gasteiger partial charge in [0.1, 0.15) is 0 Å². The van der Waals surface area contributed by atoms with Crippen LogP contribution in [-0.2, 0) is 16.6 Å². The van der Waals surface area contributed by atoms with Gasteiger partial charge < -0.3 is 4.57 Å². The number of thiazole rings is 1. The lowest BCUT2D eigenvalue weighted by Gasteiger charge is -2.16. The molecule has 3 aromatic rings. The molecule has 1 fully saturated rings. The van der Waals surface area contributed by atoms with Gasteiger partial charge >= 0.3 is 0 Å². The van der Waals surface area contributed by atoms with Gasteiger partial charge in [0.05, 0.1) is 26.6 Å². The van der Waals surface area contributed by atoms with Crippen LogP contribution in [-0.4, -0.2) is 41.2 Å². The summed E-state index contributed by atoms with van der Waals surface area (Å²) in [6, 6.07) is 10.00. The lowest BCUT2D eigenvalue weighted by Crippen LogP contribution is -2.28. The van der Waals surface area contributed by atoms with Gasteiger partial charge in [0, 0.05) is 30.8 Å². The van der Waals surface area contributed by atoms with Crippen molar-refractivity contribution in [3.8, 4) is 12.3 Å². The molecule has 0 radical (unpaired) electrons. The number of nitro benzene ring substituents is 1. The first-order valence-electron chi connectivity index (χ1n) is 9.61. The van der Waals surface area contributed by atoms with Crippen molar-refractivity contribution in [1.82, 2.24) is 8.87 Å². The Bertz CT molecular complexity index is 1440. The number of terminal acetylenes is 1. The minimum Gasteiger partial charge on any atom is -0.305 e. The van der Waals surface area contributed by atoms with E-state index in [1.54, 1.807) is 17.7 Å². The molecule has 1 aliphatic rings. The molecule has 2 aromatic carbocycles. The molecule has 1 saturated carbocycles. The number of rotatable bonds is 6. The van der Waals surface area contributed by atoms with Crippen LogP contribution >= 0.6 is 11.3 Å². The van der Waals surface area contributed by atoms with Crippen LogP contribution in [0.3, 0.4) is 0 Å². The molecule has 164 valence electrons. The van der Waals surface area contributed by atoms with Crippen molar-refractivity contribution in [2.45, 2.75) is 30.3 Å². The lowest BCUT2D eigenvalue weighted by atomic mass is 10.2. The summed E-state index contributed by atoms with van der Waals surface area (Å²) in [6.07, 6.45) is 7.14. The number of nitrogens with zero attached hydrogens (tertiary/aromatic N) is 4. The number of amides is 1. The van der Waals surface area contributed by atoms with Gasteiger partial charge in [-0.3, -0.25) is 14.9 Å². The highest BCUT2D eigenvalue weighted by Gasteiger charge is 2.35. The highest BCUT2D eigenvalue weighted by Crippen LogP contribution is 2.30. The summed E-state index contributed by atoms with van der Waals surface area (Å²) in [7, 11) is -2.05. The highest BCUT2D eigenvalue weighted by atomic mass is 32.2. The molecule has 0 N–H and O–H groups in total. The summed E-state index contributed by atoms with van der Waals surface area (Å²) in [4.78, 5) is 27.9. The van der Waals surface area contributed by atoms with Crippen molar-refractivity contribution in [2.75, 3.05) is 7.05 Å². The van der Waals surface area contributed by atoms with Crippen molar-refractivity contribution in [3.05, 3.63) is 62.9 Å². The van der Waals surface area contributed by atoms with Gasteiger partial charge in [0.25, 0.3) is 11.6 Å². The average molecular weight is 471 g/mol. The first-order chi connectivity index (χ1) is 15.2. The number of carbonyl (C=O) groups excluding carboxylic acids is 1. The number of non-ortho nitro benzene ring substituents is 1. The van der Waals surface area contributed by atoms with Crippen LogP contribution in [0.15, 0.2) is 52.4 Å². The van der Waals surface area contributed by atoms with E-state index >= 15 is 0 Å². The smallest absolute Gasteiger partial charge is 0.279 e. The summed E-state index contributed by atoms with van der Waals surface area (Å²) < 4.78 is 28.8. The average Bonchev–Trinajstić information content (AvgIpc) is 3.57. The predicted octanol–water partition coefficient (Wildman–Crippen LogP) is 2.77. The molecule has 11 heteroatoms. The van der Waals surface area contributed by atoms with Crippen LogP contribution in [0.2, 0.25) is 0 Å². The van der Waals surface area contributed by atoms with Gasteiger partial charge in [0.15, 0.2) is 4.80 Å². The van der Waals surface area contributed by atoms with E-state index in [0.29, 0.717) is 15.0 Å². The molecule has 0 spiro atoms. The van der Waals surface area contributed by atoms with E-state index in [4.69, 9.17) is 6.42 Å². The van der Waals surface area contributed by atoms with Crippen molar-refractivity contribution in [3.63, 3.8) is 0 Å². The molecule has 1 amide bonds. The molecule has 0 bridgehead atoms. The minimum atomic E-state index is -3.61. The third-order valence-electron chi connectivity index (χ3n) is 5.16. The van der Waals surface area contributed by atoms with Gasteiger partial charge in [-0.25, -0.2) is 8.42 Å².